The van der Waals surface area contributed by atoms with Gasteiger partial charge in [-0.25, -0.2) is 0 Å². The molecule has 9 heteroatoms. The van der Waals surface area contributed by atoms with E-state index in [-0.39, 0.29) is 12.5 Å². The largest absolute Gasteiger partial charge is 0.394 e. The molecular weight excluding hydrogens is 1010 g/mol. The number of aliphatic hydroxyl groups is 5. The Balaban J connectivity index is 2.17. The number of rotatable bonds is 55. The number of carbonyl (C=O) groups excluding carboxylic acids is 1. The molecule has 1 saturated heterocycles. The van der Waals surface area contributed by atoms with Crippen LogP contribution in [-0.2, 0) is 14.3 Å². The van der Waals surface area contributed by atoms with Crippen LogP contribution in [0.5, 0.6) is 0 Å². The van der Waals surface area contributed by atoms with Gasteiger partial charge in [0.05, 0.1) is 25.4 Å². The molecule has 0 aromatic heterocycles. The number of ether oxygens (including phenoxy) is 2. The zero-order chi connectivity index (χ0) is 58.6. The second-order valence-electron chi connectivity index (χ2n) is 22.2. The van der Waals surface area contributed by atoms with Crippen molar-refractivity contribution in [2.24, 2.45) is 0 Å². The molecule has 0 aromatic rings. The number of hydrogen-bond acceptors (Lipinski definition) is 8. The summed E-state index contributed by atoms with van der Waals surface area (Å²) in [5.41, 5.74) is 0. The number of aliphatic hydroxyl groups excluding tert-OH is 5. The van der Waals surface area contributed by atoms with Crippen LogP contribution in [0.4, 0.5) is 0 Å². The van der Waals surface area contributed by atoms with Gasteiger partial charge in [0, 0.05) is 6.42 Å². The van der Waals surface area contributed by atoms with Gasteiger partial charge in [0.2, 0.25) is 5.91 Å². The van der Waals surface area contributed by atoms with E-state index in [0.717, 1.165) is 109 Å². The molecule has 1 heterocycles. The Morgan fingerprint density at radius 3 is 1.19 bits per heavy atom. The molecule has 0 radical (unpaired) electrons. The van der Waals surface area contributed by atoms with Crippen molar-refractivity contribution < 1.29 is 39.8 Å². The lowest BCUT2D eigenvalue weighted by Gasteiger charge is -2.40. The Morgan fingerprint density at radius 1 is 0.432 bits per heavy atom. The molecule has 0 aliphatic carbocycles. The summed E-state index contributed by atoms with van der Waals surface area (Å²) in [6, 6.07) is -0.833. The predicted molar refractivity (Wildman–Crippen MR) is 345 cm³/mol. The van der Waals surface area contributed by atoms with E-state index in [1.807, 2.05) is 6.08 Å². The summed E-state index contributed by atoms with van der Waals surface area (Å²) >= 11 is 0. The topological polar surface area (TPSA) is 149 Å². The first kappa shape index (κ1) is 75.3. The average Bonchev–Trinajstić information content (AvgIpc) is 3.48. The van der Waals surface area contributed by atoms with Gasteiger partial charge in [-0.05, 0) is 103 Å². The van der Waals surface area contributed by atoms with Crippen LogP contribution in [0.2, 0.25) is 0 Å². The first-order valence-corrected chi connectivity index (χ1v) is 32.9. The van der Waals surface area contributed by atoms with Crippen molar-refractivity contribution in [3.05, 3.63) is 134 Å². The van der Waals surface area contributed by atoms with E-state index in [1.165, 1.54) is 128 Å². The van der Waals surface area contributed by atoms with E-state index in [9.17, 15) is 30.3 Å². The number of amides is 1. The summed E-state index contributed by atoms with van der Waals surface area (Å²) in [7, 11) is 0. The first-order valence-electron chi connectivity index (χ1n) is 32.9. The van der Waals surface area contributed by atoms with E-state index in [2.05, 4.69) is 141 Å². The molecule has 462 valence electrons. The number of nitrogens with one attached hydrogen (secondary N) is 1. The molecule has 0 saturated carbocycles. The number of unbranched alkanes of at least 4 members (excludes halogenated alkanes) is 25. The van der Waals surface area contributed by atoms with Crippen molar-refractivity contribution in [1.82, 2.24) is 5.32 Å². The highest BCUT2D eigenvalue weighted by Gasteiger charge is 2.44. The summed E-state index contributed by atoms with van der Waals surface area (Å²) in [5.74, 6) is -0.194. The van der Waals surface area contributed by atoms with Gasteiger partial charge < -0.3 is 40.3 Å². The normalized spacial score (nSPS) is 19.3. The smallest absolute Gasteiger partial charge is 0.220 e. The summed E-state index contributed by atoms with van der Waals surface area (Å²) in [4.78, 5) is 13.1. The summed E-state index contributed by atoms with van der Waals surface area (Å²) in [5, 5.41) is 54.6. The van der Waals surface area contributed by atoms with Crippen molar-refractivity contribution in [2.75, 3.05) is 13.2 Å². The zero-order valence-electron chi connectivity index (χ0n) is 51.5. The Bertz CT molecular complexity index is 1740. The Hall–Kier alpha value is -3.67. The van der Waals surface area contributed by atoms with Crippen LogP contribution in [0.3, 0.4) is 0 Å². The highest BCUT2D eigenvalue weighted by molar-refractivity contribution is 5.76. The van der Waals surface area contributed by atoms with E-state index in [0.29, 0.717) is 6.42 Å². The summed E-state index contributed by atoms with van der Waals surface area (Å²) in [6.45, 7) is 3.65. The molecule has 0 aromatic carbocycles. The molecule has 1 rings (SSSR count). The minimum absolute atomic E-state index is 0.194. The maximum atomic E-state index is 13.1. The highest BCUT2D eigenvalue weighted by atomic mass is 16.7. The van der Waals surface area contributed by atoms with E-state index >= 15 is 0 Å². The molecule has 7 atom stereocenters. The van der Waals surface area contributed by atoms with Gasteiger partial charge in [0.15, 0.2) is 6.29 Å². The fourth-order valence-corrected chi connectivity index (χ4v) is 9.58. The van der Waals surface area contributed by atoms with Crippen molar-refractivity contribution in [3.8, 4) is 0 Å². The van der Waals surface area contributed by atoms with Crippen LogP contribution in [0.25, 0.3) is 0 Å². The molecule has 9 nitrogen and oxygen atoms in total. The maximum absolute atomic E-state index is 13.1. The second kappa shape index (κ2) is 59.5. The molecule has 1 fully saturated rings. The SMILES string of the molecule is CC/C=C\C/C=C\C/C=C\C/C=C\C/C=C\C/C=C\C/C=C\C/C=C\C/C=C\CCCCCCCCCCCCCC(=O)NC(COC1OC(CO)C(O)C(O)C1O)C(O)/C=C/CC/C=C/CCCCCCCCCCCCCCC. The Kier molecular flexibility index (Phi) is 55.3. The van der Waals surface area contributed by atoms with Crippen LogP contribution >= 0.6 is 0 Å². The quantitative estimate of drug-likeness (QED) is 0.0261. The molecule has 0 bridgehead atoms. The predicted octanol–water partition coefficient (Wildman–Crippen LogP) is 17.6. The number of carbonyl (C=O) groups is 1. The molecule has 1 aliphatic rings. The van der Waals surface area contributed by atoms with Gasteiger partial charge in [-0.3, -0.25) is 4.79 Å². The van der Waals surface area contributed by atoms with Crippen molar-refractivity contribution >= 4 is 5.91 Å². The van der Waals surface area contributed by atoms with Gasteiger partial charge in [0.25, 0.3) is 0 Å². The lowest BCUT2D eigenvalue weighted by Crippen LogP contribution is -2.60. The van der Waals surface area contributed by atoms with Gasteiger partial charge in [-0.15, -0.1) is 0 Å². The lowest BCUT2D eigenvalue weighted by molar-refractivity contribution is -0.302. The molecule has 0 spiro atoms. The van der Waals surface area contributed by atoms with E-state index in [1.54, 1.807) is 6.08 Å². The number of allylic oxidation sites excluding steroid dienone is 21. The van der Waals surface area contributed by atoms with Gasteiger partial charge >= 0.3 is 0 Å². The molecular formula is C72H121NO8. The Labute approximate surface area is 496 Å². The van der Waals surface area contributed by atoms with Crippen molar-refractivity contribution in [3.63, 3.8) is 0 Å². The van der Waals surface area contributed by atoms with Gasteiger partial charge in [0.1, 0.15) is 24.4 Å². The maximum Gasteiger partial charge on any atom is 0.220 e. The van der Waals surface area contributed by atoms with E-state index < -0.39 is 49.5 Å². The summed E-state index contributed by atoms with van der Waals surface area (Å²) in [6.07, 6.45) is 83.9. The van der Waals surface area contributed by atoms with Crippen LogP contribution in [0.15, 0.2) is 134 Å². The van der Waals surface area contributed by atoms with Gasteiger partial charge in [-0.2, -0.15) is 0 Å². The third kappa shape index (κ3) is 48.4. The van der Waals surface area contributed by atoms with Crippen LogP contribution in [0, 0.1) is 0 Å². The third-order valence-corrected chi connectivity index (χ3v) is 14.7. The lowest BCUT2D eigenvalue weighted by atomic mass is 9.99. The van der Waals surface area contributed by atoms with Crippen LogP contribution < -0.4 is 5.32 Å². The standard InChI is InChI=1S/C72H121NO8/c1-3-5-7-9-11-13-15-17-19-21-23-24-25-26-27-28-29-30-31-32-33-34-35-36-37-38-39-40-41-42-44-46-48-50-52-54-56-58-60-62-68(76)73-65(64-80-72-71(79)70(78)69(77)67(63-74)81-72)66(75)61-59-57-55-53-51-49-47-45-43-22-20-18-16-14-12-10-8-6-4-2/h5,7,11,13,17,19,23-24,26-27,29-30,32-33,35-36,38-39,51,53,59,61,65-67,69-72,74-75,77-79H,3-4,6,8-10,12,14-16,18,20-22,25,28,31,34,37,40-50,52,54-58,60,62-64H2,1-2H3,(H,73,76)/b7-5-,13-11-,19-17-,24-23-,27-26-,30-29-,33-32-,36-35-,39-38-,53-51+,61-59+. The second-order valence-corrected chi connectivity index (χ2v) is 22.2. The molecule has 7 unspecified atom stereocenters. The van der Waals surface area contributed by atoms with Crippen LogP contribution in [-0.4, -0.2) is 87.5 Å². The fourth-order valence-electron chi connectivity index (χ4n) is 9.58. The van der Waals surface area contributed by atoms with Gasteiger partial charge in [-0.1, -0.05) is 282 Å². The van der Waals surface area contributed by atoms with Crippen molar-refractivity contribution in [2.45, 2.75) is 301 Å². The average molecular weight is 1130 g/mol. The van der Waals surface area contributed by atoms with Crippen molar-refractivity contribution in [1.29, 1.82) is 0 Å². The zero-order valence-corrected chi connectivity index (χ0v) is 51.5. The highest BCUT2D eigenvalue weighted by Crippen LogP contribution is 2.23. The minimum atomic E-state index is -1.58. The molecule has 1 aliphatic heterocycles. The fraction of sp³-hybridized carbons (Fsp3) is 0.681. The van der Waals surface area contributed by atoms with E-state index in [4.69, 9.17) is 9.47 Å². The Morgan fingerprint density at radius 2 is 0.778 bits per heavy atom. The third-order valence-electron chi connectivity index (χ3n) is 14.7. The summed E-state index contributed by atoms with van der Waals surface area (Å²) < 4.78 is 11.3. The minimum Gasteiger partial charge on any atom is -0.394 e. The monoisotopic (exact) mass is 1130 g/mol. The first-order chi connectivity index (χ1) is 39.8. The molecule has 1 amide bonds. The van der Waals surface area contributed by atoms with Crippen LogP contribution in [0.1, 0.15) is 258 Å². The molecule has 6 N–H and O–H groups in total. The molecule has 81 heavy (non-hydrogen) atoms. The number of hydrogen-bond donors (Lipinski definition) is 6.